The van der Waals surface area contributed by atoms with E-state index in [1.807, 2.05) is 0 Å². The minimum atomic E-state index is 0.538. The van der Waals surface area contributed by atoms with E-state index in [0.29, 0.717) is 6.04 Å². The van der Waals surface area contributed by atoms with Crippen LogP contribution < -0.4 is 5.32 Å². The number of aryl methyl sites for hydroxylation is 3. The summed E-state index contributed by atoms with van der Waals surface area (Å²) in [6.07, 6.45) is 3.41. The van der Waals surface area contributed by atoms with Crippen molar-refractivity contribution < 1.29 is 0 Å². The third-order valence-electron chi connectivity index (χ3n) is 3.80. The molecule has 1 nitrogen and oxygen atoms in total. The van der Waals surface area contributed by atoms with Crippen molar-refractivity contribution in [2.24, 2.45) is 0 Å². The van der Waals surface area contributed by atoms with E-state index >= 15 is 0 Å². The zero-order chi connectivity index (χ0) is 14.4. The molecule has 0 fully saturated rings. The Bertz CT molecular complexity index is 510. The summed E-state index contributed by atoms with van der Waals surface area (Å²) in [6, 6.07) is 18.1. The van der Waals surface area contributed by atoms with Crippen LogP contribution in [0.25, 0.3) is 0 Å². The lowest BCUT2D eigenvalue weighted by molar-refractivity contribution is 0.520. The van der Waals surface area contributed by atoms with Crippen LogP contribution in [0.5, 0.6) is 0 Å². The number of nitrogens with one attached hydrogen (secondary N) is 1. The minimum absolute atomic E-state index is 0.538. The molecule has 2 rings (SSSR count). The molecular weight excluding hydrogens is 242 g/mol. The predicted molar refractivity (Wildman–Crippen MR) is 87.2 cm³/mol. The Morgan fingerprint density at radius 2 is 1.55 bits per heavy atom. The fourth-order valence-electron chi connectivity index (χ4n) is 2.81. The normalized spacial score (nSPS) is 12.3. The second kappa shape index (κ2) is 7.25. The average Bonchev–Trinajstić information content (AvgIpc) is 2.43. The molecule has 0 bridgehead atoms. The second-order valence-corrected chi connectivity index (χ2v) is 5.71. The lowest BCUT2D eigenvalue weighted by Crippen LogP contribution is -2.28. The van der Waals surface area contributed by atoms with Gasteiger partial charge in [-0.1, -0.05) is 59.7 Å². The van der Waals surface area contributed by atoms with Crippen molar-refractivity contribution in [2.75, 3.05) is 7.05 Å². The Morgan fingerprint density at radius 1 is 0.900 bits per heavy atom. The molecule has 0 spiro atoms. The lowest BCUT2D eigenvalue weighted by Gasteiger charge is -2.17. The van der Waals surface area contributed by atoms with Gasteiger partial charge in [0.25, 0.3) is 0 Å². The fourth-order valence-corrected chi connectivity index (χ4v) is 2.81. The molecule has 0 heterocycles. The first kappa shape index (κ1) is 14.8. The second-order valence-electron chi connectivity index (χ2n) is 5.71. The number of hydrogen-bond donors (Lipinski definition) is 1. The molecule has 1 N–H and O–H groups in total. The molecule has 106 valence electrons. The van der Waals surface area contributed by atoms with E-state index in [4.69, 9.17) is 0 Å². The summed E-state index contributed by atoms with van der Waals surface area (Å²) in [7, 11) is 2.07. The molecule has 2 aromatic carbocycles. The Balaban J connectivity index is 1.95. The summed E-state index contributed by atoms with van der Waals surface area (Å²) >= 11 is 0. The van der Waals surface area contributed by atoms with Gasteiger partial charge >= 0.3 is 0 Å². The molecule has 0 aliphatic rings. The van der Waals surface area contributed by atoms with Crippen LogP contribution in [-0.2, 0) is 12.8 Å². The Morgan fingerprint density at radius 3 is 2.15 bits per heavy atom. The molecule has 20 heavy (non-hydrogen) atoms. The van der Waals surface area contributed by atoms with E-state index in [1.54, 1.807) is 0 Å². The van der Waals surface area contributed by atoms with Crippen LogP contribution in [0.1, 0.15) is 28.7 Å². The van der Waals surface area contributed by atoms with Crippen LogP contribution >= 0.6 is 0 Å². The maximum absolute atomic E-state index is 3.46. The summed E-state index contributed by atoms with van der Waals surface area (Å²) in [6.45, 7) is 4.35. The van der Waals surface area contributed by atoms with Crippen molar-refractivity contribution in [1.29, 1.82) is 0 Å². The SMILES string of the molecule is CNC(CCc1ccccc1)Cc1cc(C)cc(C)c1. The van der Waals surface area contributed by atoms with Gasteiger partial charge in [0.05, 0.1) is 0 Å². The summed E-state index contributed by atoms with van der Waals surface area (Å²) in [4.78, 5) is 0. The van der Waals surface area contributed by atoms with E-state index in [9.17, 15) is 0 Å². The van der Waals surface area contributed by atoms with E-state index in [0.717, 1.165) is 12.8 Å². The number of benzene rings is 2. The summed E-state index contributed by atoms with van der Waals surface area (Å²) in [5, 5.41) is 3.46. The molecule has 0 aromatic heterocycles. The summed E-state index contributed by atoms with van der Waals surface area (Å²) in [5.41, 5.74) is 5.58. The first-order valence-corrected chi connectivity index (χ1v) is 7.46. The Labute approximate surface area is 123 Å². The molecule has 0 radical (unpaired) electrons. The van der Waals surface area contributed by atoms with Gasteiger partial charge in [0.1, 0.15) is 0 Å². The van der Waals surface area contributed by atoms with Crippen molar-refractivity contribution in [3.05, 3.63) is 70.8 Å². The fraction of sp³-hybridized carbons (Fsp3) is 0.368. The number of rotatable bonds is 6. The molecule has 0 saturated carbocycles. The Hall–Kier alpha value is -1.60. The predicted octanol–water partition coefficient (Wildman–Crippen LogP) is 4.07. The number of hydrogen-bond acceptors (Lipinski definition) is 1. The molecule has 2 aromatic rings. The van der Waals surface area contributed by atoms with Crippen molar-refractivity contribution in [2.45, 2.75) is 39.2 Å². The highest BCUT2D eigenvalue weighted by molar-refractivity contribution is 5.29. The van der Waals surface area contributed by atoms with Crippen LogP contribution in [-0.4, -0.2) is 13.1 Å². The van der Waals surface area contributed by atoms with Crippen molar-refractivity contribution in [1.82, 2.24) is 5.32 Å². The zero-order valence-electron chi connectivity index (χ0n) is 12.8. The first-order valence-electron chi connectivity index (χ1n) is 7.46. The van der Waals surface area contributed by atoms with E-state index < -0.39 is 0 Å². The van der Waals surface area contributed by atoms with E-state index in [-0.39, 0.29) is 0 Å². The monoisotopic (exact) mass is 267 g/mol. The third-order valence-corrected chi connectivity index (χ3v) is 3.80. The smallest absolute Gasteiger partial charge is 0.0108 e. The standard InChI is InChI=1S/C19H25N/c1-15-11-16(2)13-18(12-15)14-19(20-3)10-9-17-7-5-4-6-8-17/h4-8,11-13,19-20H,9-10,14H2,1-3H3. The van der Waals surface area contributed by atoms with Gasteiger partial charge in [-0.25, -0.2) is 0 Å². The van der Waals surface area contributed by atoms with E-state index in [2.05, 4.69) is 74.7 Å². The van der Waals surface area contributed by atoms with Crippen LogP contribution in [0.4, 0.5) is 0 Å². The molecule has 0 aliphatic heterocycles. The highest BCUT2D eigenvalue weighted by Crippen LogP contribution is 2.13. The third kappa shape index (κ3) is 4.50. The van der Waals surface area contributed by atoms with Crippen molar-refractivity contribution in [3.63, 3.8) is 0 Å². The van der Waals surface area contributed by atoms with Crippen LogP contribution in [0.2, 0.25) is 0 Å². The molecule has 0 aliphatic carbocycles. The van der Waals surface area contributed by atoms with Gasteiger partial charge < -0.3 is 5.32 Å². The van der Waals surface area contributed by atoms with Gasteiger partial charge in [0.15, 0.2) is 0 Å². The number of likely N-dealkylation sites (N-methyl/N-ethyl adjacent to an activating group) is 1. The molecule has 1 atom stereocenters. The van der Waals surface area contributed by atoms with Gasteiger partial charge in [0.2, 0.25) is 0 Å². The average molecular weight is 267 g/mol. The Kier molecular flexibility index (Phi) is 5.37. The highest BCUT2D eigenvalue weighted by Gasteiger charge is 2.08. The maximum atomic E-state index is 3.46. The summed E-state index contributed by atoms with van der Waals surface area (Å²) < 4.78 is 0. The molecule has 1 unspecified atom stereocenters. The summed E-state index contributed by atoms with van der Waals surface area (Å²) in [5.74, 6) is 0. The zero-order valence-corrected chi connectivity index (χ0v) is 12.8. The van der Waals surface area contributed by atoms with Gasteiger partial charge in [-0.3, -0.25) is 0 Å². The van der Waals surface area contributed by atoms with Crippen molar-refractivity contribution >= 4 is 0 Å². The molecule has 0 saturated heterocycles. The van der Waals surface area contributed by atoms with Crippen LogP contribution in [0.15, 0.2) is 48.5 Å². The maximum Gasteiger partial charge on any atom is 0.0108 e. The van der Waals surface area contributed by atoms with Gasteiger partial charge in [0, 0.05) is 6.04 Å². The van der Waals surface area contributed by atoms with Gasteiger partial charge in [-0.05, 0) is 51.3 Å². The van der Waals surface area contributed by atoms with Crippen LogP contribution in [0.3, 0.4) is 0 Å². The topological polar surface area (TPSA) is 12.0 Å². The van der Waals surface area contributed by atoms with Gasteiger partial charge in [-0.2, -0.15) is 0 Å². The molecular formula is C19H25N. The molecule has 1 heteroatoms. The quantitative estimate of drug-likeness (QED) is 0.832. The largest absolute Gasteiger partial charge is 0.317 e. The highest BCUT2D eigenvalue weighted by atomic mass is 14.9. The molecule has 0 amide bonds. The van der Waals surface area contributed by atoms with Crippen LogP contribution in [0, 0.1) is 13.8 Å². The van der Waals surface area contributed by atoms with Gasteiger partial charge in [-0.15, -0.1) is 0 Å². The van der Waals surface area contributed by atoms with Crippen molar-refractivity contribution in [3.8, 4) is 0 Å². The minimum Gasteiger partial charge on any atom is -0.317 e. The van der Waals surface area contributed by atoms with E-state index in [1.165, 1.54) is 28.7 Å². The first-order chi connectivity index (χ1) is 9.67. The lowest BCUT2D eigenvalue weighted by atomic mass is 9.97.